The van der Waals surface area contributed by atoms with E-state index in [1.54, 1.807) is 6.92 Å². The van der Waals surface area contributed by atoms with E-state index in [0.717, 1.165) is 9.13 Å². The van der Waals surface area contributed by atoms with E-state index < -0.39 is 0 Å². The third-order valence-electron chi connectivity index (χ3n) is 1.30. The van der Waals surface area contributed by atoms with Crippen LogP contribution in [0.2, 0.25) is 0 Å². The summed E-state index contributed by atoms with van der Waals surface area (Å²) in [4.78, 5) is 0. The highest BCUT2D eigenvalue weighted by molar-refractivity contribution is 14.1. The summed E-state index contributed by atoms with van der Waals surface area (Å²) in [5, 5.41) is 0. The molecule has 0 amide bonds. The van der Waals surface area contributed by atoms with Crippen molar-refractivity contribution < 1.29 is 4.39 Å². The topological polar surface area (TPSA) is 26.0 Å². The number of hydrogen-bond donors (Lipinski definition) is 1. The predicted molar refractivity (Wildman–Crippen MR) is 48.3 cm³/mol. The second-order valence-corrected chi connectivity index (χ2v) is 3.36. The van der Waals surface area contributed by atoms with Crippen molar-refractivity contribution in [1.29, 1.82) is 0 Å². The van der Waals surface area contributed by atoms with Crippen molar-refractivity contribution in [2.75, 3.05) is 5.73 Å². The average molecular weight is 251 g/mol. The first-order valence-corrected chi connectivity index (χ1v) is 3.90. The van der Waals surface area contributed by atoms with Crippen LogP contribution in [0.15, 0.2) is 12.1 Å². The Balaban J connectivity index is 3.31. The molecule has 1 aromatic carbocycles. The lowest BCUT2D eigenvalue weighted by molar-refractivity contribution is 0.630. The third kappa shape index (κ3) is 1.39. The minimum Gasteiger partial charge on any atom is -0.396 e. The molecular weight excluding hydrogens is 244 g/mol. The molecular formula is C7H7FIN. The molecule has 0 saturated carbocycles. The Bertz CT molecular complexity index is 237. The highest BCUT2D eigenvalue weighted by atomic mass is 127. The minimum atomic E-state index is -0.329. The Kier molecular flexibility index (Phi) is 2.13. The highest BCUT2D eigenvalue weighted by Crippen LogP contribution is 2.18. The van der Waals surface area contributed by atoms with E-state index in [1.807, 2.05) is 6.07 Å². The van der Waals surface area contributed by atoms with Crippen molar-refractivity contribution in [2.24, 2.45) is 0 Å². The first-order valence-electron chi connectivity index (χ1n) is 2.82. The van der Waals surface area contributed by atoms with Crippen LogP contribution >= 0.6 is 22.6 Å². The van der Waals surface area contributed by atoms with Crippen molar-refractivity contribution >= 4 is 28.3 Å². The van der Waals surface area contributed by atoms with E-state index in [-0.39, 0.29) is 11.5 Å². The van der Waals surface area contributed by atoms with E-state index in [0.29, 0.717) is 0 Å². The summed E-state index contributed by atoms with van der Waals surface area (Å²) in [7, 11) is 0. The molecule has 0 aliphatic heterocycles. The van der Waals surface area contributed by atoms with E-state index >= 15 is 0 Å². The summed E-state index contributed by atoms with van der Waals surface area (Å²) in [6.45, 7) is 1.79. The van der Waals surface area contributed by atoms with Crippen LogP contribution in [0, 0.1) is 16.3 Å². The van der Waals surface area contributed by atoms with Gasteiger partial charge >= 0.3 is 0 Å². The third-order valence-corrected chi connectivity index (χ3v) is 1.92. The first kappa shape index (κ1) is 7.78. The van der Waals surface area contributed by atoms with Gasteiger partial charge in [0, 0.05) is 3.57 Å². The maximum Gasteiger partial charge on any atom is 0.147 e. The summed E-state index contributed by atoms with van der Waals surface area (Å²) in [5.41, 5.74) is 6.42. The molecule has 1 nitrogen and oxygen atoms in total. The largest absolute Gasteiger partial charge is 0.396 e. The van der Waals surface area contributed by atoms with Crippen molar-refractivity contribution in [2.45, 2.75) is 6.92 Å². The molecule has 2 N–H and O–H groups in total. The number of rotatable bonds is 0. The van der Waals surface area contributed by atoms with Crippen molar-refractivity contribution in [1.82, 2.24) is 0 Å². The predicted octanol–water partition coefficient (Wildman–Crippen LogP) is 2.32. The SMILES string of the molecule is Cc1cc(I)cc(F)c1N. The Morgan fingerprint density at radius 2 is 2.10 bits per heavy atom. The maximum atomic E-state index is 12.7. The quantitative estimate of drug-likeness (QED) is 0.555. The van der Waals surface area contributed by atoms with Gasteiger partial charge in [0.05, 0.1) is 5.69 Å². The number of aryl methyl sites for hydroxylation is 1. The van der Waals surface area contributed by atoms with Crippen molar-refractivity contribution in [3.8, 4) is 0 Å². The molecule has 0 bridgehead atoms. The standard InChI is InChI=1S/C7H7FIN/c1-4-2-5(9)3-6(8)7(4)10/h2-3H,10H2,1H3. The maximum absolute atomic E-state index is 12.7. The monoisotopic (exact) mass is 251 g/mol. The fourth-order valence-electron chi connectivity index (χ4n) is 0.713. The van der Waals surface area contributed by atoms with Gasteiger partial charge in [-0.1, -0.05) is 0 Å². The second kappa shape index (κ2) is 2.74. The smallest absolute Gasteiger partial charge is 0.147 e. The molecule has 0 spiro atoms. The molecule has 10 heavy (non-hydrogen) atoms. The number of nitrogens with two attached hydrogens (primary N) is 1. The molecule has 0 aromatic heterocycles. The number of benzene rings is 1. The van der Waals surface area contributed by atoms with Crippen molar-refractivity contribution in [3.05, 3.63) is 27.1 Å². The van der Waals surface area contributed by atoms with Gasteiger partial charge < -0.3 is 5.73 Å². The fourth-order valence-corrected chi connectivity index (χ4v) is 1.45. The molecule has 0 aliphatic carbocycles. The number of hydrogen-bond acceptors (Lipinski definition) is 1. The molecule has 0 radical (unpaired) electrons. The van der Waals surface area contributed by atoms with Crippen LogP contribution in [0.3, 0.4) is 0 Å². The van der Waals surface area contributed by atoms with Crippen LogP contribution in [-0.4, -0.2) is 0 Å². The lowest BCUT2D eigenvalue weighted by atomic mass is 10.2. The van der Waals surface area contributed by atoms with Crippen LogP contribution in [0.25, 0.3) is 0 Å². The van der Waals surface area contributed by atoms with Crippen LogP contribution in [-0.2, 0) is 0 Å². The van der Waals surface area contributed by atoms with Gasteiger partial charge in [-0.05, 0) is 47.2 Å². The molecule has 3 heteroatoms. The summed E-state index contributed by atoms with van der Waals surface area (Å²) in [6, 6.07) is 3.27. The zero-order valence-corrected chi connectivity index (χ0v) is 7.65. The summed E-state index contributed by atoms with van der Waals surface area (Å²) in [6.07, 6.45) is 0. The van der Waals surface area contributed by atoms with Crippen molar-refractivity contribution in [3.63, 3.8) is 0 Å². The second-order valence-electron chi connectivity index (χ2n) is 2.12. The van der Waals surface area contributed by atoms with Gasteiger partial charge in [0.25, 0.3) is 0 Å². The summed E-state index contributed by atoms with van der Waals surface area (Å²) < 4.78 is 13.6. The molecule has 0 unspecified atom stereocenters. The van der Waals surface area contributed by atoms with Gasteiger partial charge in [-0.25, -0.2) is 4.39 Å². The summed E-state index contributed by atoms with van der Waals surface area (Å²) >= 11 is 2.05. The number of halogens is 2. The lowest BCUT2D eigenvalue weighted by Gasteiger charge is -2.00. The molecule has 0 atom stereocenters. The number of anilines is 1. The molecule has 0 heterocycles. The van der Waals surface area contributed by atoms with Crippen LogP contribution in [0.1, 0.15) is 5.56 Å². The zero-order valence-electron chi connectivity index (χ0n) is 5.49. The van der Waals surface area contributed by atoms with E-state index in [2.05, 4.69) is 22.6 Å². The van der Waals surface area contributed by atoms with Gasteiger partial charge in [0.2, 0.25) is 0 Å². The molecule has 0 fully saturated rings. The van der Waals surface area contributed by atoms with Gasteiger partial charge in [-0.15, -0.1) is 0 Å². The Morgan fingerprint density at radius 3 is 2.60 bits per heavy atom. The fraction of sp³-hybridized carbons (Fsp3) is 0.143. The summed E-state index contributed by atoms with van der Waals surface area (Å²) in [5.74, 6) is -0.329. The average Bonchev–Trinajstić information content (AvgIpc) is 1.82. The first-order chi connectivity index (χ1) is 4.61. The minimum absolute atomic E-state index is 0.250. The van der Waals surface area contributed by atoms with E-state index in [1.165, 1.54) is 6.07 Å². The molecule has 0 saturated heterocycles. The highest BCUT2D eigenvalue weighted by Gasteiger charge is 2.01. The Hall–Kier alpha value is -0.320. The Morgan fingerprint density at radius 1 is 1.50 bits per heavy atom. The molecule has 1 rings (SSSR count). The van der Waals surface area contributed by atoms with Gasteiger partial charge in [-0.2, -0.15) is 0 Å². The normalized spacial score (nSPS) is 9.90. The Labute approximate surface area is 72.6 Å². The molecule has 54 valence electrons. The van der Waals surface area contributed by atoms with Gasteiger partial charge in [-0.3, -0.25) is 0 Å². The van der Waals surface area contributed by atoms with Crippen LogP contribution in [0.4, 0.5) is 10.1 Å². The van der Waals surface area contributed by atoms with Crippen LogP contribution in [0.5, 0.6) is 0 Å². The van der Waals surface area contributed by atoms with Crippen LogP contribution < -0.4 is 5.73 Å². The zero-order chi connectivity index (χ0) is 7.72. The molecule has 0 aliphatic rings. The van der Waals surface area contributed by atoms with E-state index in [9.17, 15) is 4.39 Å². The van der Waals surface area contributed by atoms with E-state index in [4.69, 9.17) is 5.73 Å². The number of nitrogen functional groups attached to an aromatic ring is 1. The van der Waals surface area contributed by atoms with Gasteiger partial charge in [0.1, 0.15) is 5.82 Å². The van der Waals surface area contributed by atoms with Gasteiger partial charge in [0.15, 0.2) is 0 Å². The molecule has 1 aromatic rings. The lowest BCUT2D eigenvalue weighted by Crippen LogP contribution is -1.94.